The van der Waals surface area contributed by atoms with Gasteiger partial charge in [-0.25, -0.2) is 0 Å². The average Bonchev–Trinajstić information content (AvgIpc) is 2.61. The van der Waals surface area contributed by atoms with E-state index in [4.69, 9.17) is 0 Å². The number of hydrogen-bond donors (Lipinski definition) is 2. The highest BCUT2D eigenvalue weighted by Gasteiger charge is 2.21. The number of aliphatic hydroxyl groups is 1. The normalized spacial score (nSPS) is 20.2. The second kappa shape index (κ2) is 7.88. The summed E-state index contributed by atoms with van der Waals surface area (Å²) in [6.07, 6.45) is 3.65. The van der Waals surface area contributed by atoms with Crippen LogP contribution in [0.4, 0.5) is 11.4 Å². The quantitative estimate of drug-likeness (QED) is 0.889. The molecule has 0 radical (unpaired) electrons. The molecule has 0 saturated carbocycles. The number of carbonyl (C=O) groups excluding carboxylic acids is 1. The Morgan fingerprint density at radius 3 is 2.50 bits per heavy atom. The lowest BCUT2D eigenvalue weighted by Gasteiger charge is -2.33. The molecule has 2 aliphatic rings. The number of anilines is 2. The predicted octanol–water partition coefficient (Wildman–Crippen LogP) is 2.32. The van der Waals surface area contributed by atoms with Crippen molar-refractivity contribution in [1.29, 1.82) is 0 Å². The van der Waals surface area contributed by atoms with Gasteiger partial charge in [0.05, 0.1) is 24.0 Å². The van der Waals surface area contributed by atoms with Crippen LogP contribution in [0.1, 0.15) is 32.6 Å². The summed E-state index contributed by atoms with van der Waals surface area (Å²) >= 11 is 0. The minimum absolute atomic E-state index is 0.176. The van der Waals surface area contributed by atoms with Gasteiger partial charge in [-0.2, -0.15) is 0 Å². The van der Waals surface area contributed by atoms with E-state index in [2.05, 4.69) is 23.2 Å². The predicted molar refractivity (Wildman–Crippen MR) is 97.4 cm³/mol. The molecule has 2 saturated heterocycles. The maximum absolute atomic E-state index is 12.4. The third-order valence-corrected chi connectivity index (χ3v) is 5.28. The SMILES string of the molecule is CC1CCN(C(=O)CNc2ccccc2N2CCC(O)CC2)CC1. The van der Waals surface area contributed by atoms with Gasteiger partial charge in [-0.15, -0.1) is 0 Å². The average molecular weight is 331 g/mol. The van der Waals surface area contributed by atoms with Crippen LogP contribution in [-0.4, -0.2) is 54.7 Å². The Morgan fingerprint density at radius 1 is 1.12 bits per heavy atom. The van der Waals surface area contributed by atoms with Crippen LogP contribution >= 0.6 is 0 Å². The van der Waals surface area contributed by atoms with E-state index >= 15 is 0 Å². The number of para-hydroxylation sites is 2. The van der Waals surface area contributed by atoms with Crippen molar-refractivity contribution in [2.24, 2.45) is 5.92 Å². The number of hydrogen-bond acceptors (Lipinski definition) is 4. The van der Waals surface area contributed by atoms with Gasteiger partial charge in [0.1, 0.15) is 0 Å². The number of rotatable bonds is 4. The third-order valence-electron chi connectivity index (χ3n) is 5.28. The first-order chi connectivity index (χ1) is 11.6. The highest BCUT2D eigenvalue weighted by Crippen LogP contribution is 2.28. The van der Waals surface area contributed by atoms with E-state index in [-0.39, 0.29) is 12.0 Å². The standard InChI is InChI=1S/C19H29N3O2/c1-15-6-10-22(11-7-15)19(24)14-20-17-4-2-3-5-18(17)21-12-8-16(23)9-13-21/h2-5,15-16,20,23H,6-14H2,1H3. The van der Waals surface area contributed by atoms with Crippen LogP contribution in [0.25, 0.3) is 0 Å². The summed E-state index contributed by atoms with van der Waals surface area (Å²) in [5.74, 6) is 0.919. The Kier molecular flexibility index (Phi) is 5.61. The molecule has 5 nitrogen and oxygen atoms in total. The second-order valence-corrected chi connectivity index (χ2v) is 7.15. The zero-order valence-electron chi connectivity index (χ0n) is 14.6. The summed E-state index contributed by atoms with van der Waals surface area (Å²) < 4.78 is 0. The maximum Gasteiger partial charge on any atom is 0.241 e. The van der Waals surface area contributed by atoms with Crippen molar-refractivity contribution in [3.8, 4) is 0 Å². The zero-order chi connectivity index (χ0) is 16.9. The number of carbonyl (C=O) groups is 1. The summed E-state index contributed by atoms with van der Waals surface area (Å²) in [7, 11) is 0. The van der Waals surface area contributed by atoms with E-state index in [1.807, 2.05) is 23.1 Å². The number of amides is 1. The molecule has 1 amide bonds. The number of piperidine rings is 2. The molecule has 1 aromatic carbocycles. The van der Waals surface area contributed by atoms with Crippen molar-refractivity contribution in [2.75, 3.05) is 42.9 Å². The minimum atomic E-state index is -0.176. The lowest BCUT2D eigenvalue weighted by molar-refractivity contribution is -0.130. The fourth-order valence-electron chi connectivity index (χ4n) is 3.55. The van der Waals surface area contributed by atoms with E-state index in [0.717, 1.165) is 69.2 Å². The number of likely N-dealkylation sites (tertiary alicyclic amines) is 1. The molecule has 0 aliphatic carbocycles. The number of nitrogens with zero attached hydrogens (tertiary/aromatic N) is 2. The van der Waals surface area contributed by atoms with Gasteiger partial charge < -0.3 is 20.2 Å². The van der Waals surface area contributed by atoms with Crippen molar-refractivity contribution >= 4 is 17.3 Å². The van der Waals surface area contributed by atoms with Gasteiger partial charge in [-0.3, -0.25) is 4.79 Å². The molecule has 5 heteroatoms. The number of nitrogens with one attached hydrogen (secondary N) is 1. The van der Waals surface area contributed by atoms with Crippen LogP contribution in [0.2, 0.25) is 0 Å². The van der Waals surface area contributed by atoms with Gasteiger partial charge in [-0.1, -0.05) is 19.1 Å². The molecule has 24 heavy (non-hydrogen) atoms. The molecule has 2 aliphatic heterocycles. The van der Waals surface area contributed by atoms with E-state index in [9.17, 15) is 9.90 Å². The molecular formula is C19H29N3O2. The molecule has 0 unspecified atom stereocenters. The molecule has 0 atom stereocenters. The molecule has 2 fully saturated rings. The molecular weight excluding hydrogens is 302 g/mol. The van der Waals surface area contributed by atoms with Gasteiger partial charge in [-0.05, 0) is 43.7 Å². The van der Waals surface area contributed by atoms with Crippen molar-refractivity contribution in [3.63, 3.8) is 0 Å². The largest absolute Gasteiger partial charge is 0.393 e. The van der Waals surface area contributed by atoms with Crippen LogP contribution in [0.3, 0.4) is 0 Å². The van der Waals surface area contributed by atoms with Crippen molar-refractivity contribution in [3.05, 3.63) is 24.3 Å². The summed E-state index contributed by atoms with van der Waals surface area (Å²) in [6.45, 7) is 6.09. The van der Waals surface area contributed by atoms with E-state index in [1.54, 1.807) is 0 Å². The van der Waals surface area contributed by atoms with Crippen molar-refractivity contribution in [2.45, 2.75) is 38.7 Å². The monoisotopic (exact) mass is 331 g/mol. The van der Waals surface area contributed by atoms with Crippen molar-refractivity contribution in [1.82, 2.24) is 4.90 Å². The molecule has 0 aromatic heterocycles. The molecule has 132 valence electrons. The van der Waals surface area contributed by atoms with Crippen LogP contribution in [-0.2, 0) is 4.79 Å². The minimum Gasteiger partial charge on any atom is -0.393 e. The number of aliphatic hydroxyl groups excluding tert-OH is 1. The van der Waals surface area contributed by atoms with Crippen LogP contribution in [0.15, 0.2) is 24.3 Å². The Balaban J connectivity index is 1.58. The Labute approximate surface area is 144 Å². The molecule has 0 bridgehead atoms. The van der Waals surface area contributed by atoms with Crippen molar-refractivity contribution < 1.29 is 9.90 Å². The molecule has 2 heterocycles. The summed E-state index contributed by atoms with van der Waals surface area (Å²) in [6, 6.07) is 8.15. The lowest BCUT2D eigenvalue weighted by atomic mass is 9.99. The fourth-order valence-corrected chi connectivity index (χ4v) is 3.55. The molecule has 2 N–H and O–H groups in total. The lowest BCUT2D eigenvalue weighted by Crippen LogP contribution is -2.41. The first-order valence-corrected chi connectivity index (χ1v) is 9.17. The molecule has 3 rings (SSSR count). The second-order valence-electron chi connectivity index (χ2n) is 7.15. The van der Waals surface area contributed by atoms with Gasteiger partial charge >= 0.3 is 0 Å². The fraction of sp³-hybridized carbons (Fsp3) is 0.632. The molecule has 1 aromatic rings. The highest BCUT2D eigenvalue weighted by molar-refractivity contribution is 5.83. The zero-order valence-corrected chi connectivity index (χ0v) is 14.6. The Hall–Kier alpha value is -1.75. The Morgan fingerprint density at radius 2 is 1.79 bits per heavy atom. The van der Waals surface area contributed by atoms with Crippen LogP contribution in [0, 0.1) is 5.92 Å². The number of benzene rings is 1. The van der Waals surface area contributed by atoms with Gasteiger partial charge in [0, 0.05) is 26.2 Å². The first kappa shape index (κ1) is 17.1. The first-order valence-electron chi connectivity index (χ1n) is 9.17. The summed E-state index contributed by atoms with van der Waals surface area (Å²) in [5, 5.41) is 13.0. The van der Waals surface area contributed by atoms with E-state index in [0.29, 0.717) is 6.54 Å². The van der Waals surface area contributed by atoms with Crippen LogP contribution < -0.4 is 10.2 Å². The smallest absolute Gasteiger partial charge is 0.241 e. The topological polar surface area (TPSA) is 55.8 Å². The third kappa shape index (κ3) is 4.20. The molecule has 0 spiro atoms. The van der Waals surface area contributed by atoms with Gasteiger partial charge in [0.2, 0.25) is 5.91 Å². The van der Waals surface area contributed by atoms with E-state index in [1.165, 1.54) is 0 Å². The Bertz CT molecular complexity index is 547. The summed E-state index contributed by atoms with van der Waals surface area (Å²) in [5.41, 5.74) is 2.14. The van der Waals surface area contributed by atoms with Gasteiger partial charge in [0.25, 0.3) is 0 Å². The maximum atomic E-state index is 12.4. The van der Waals surface area contributed by atoms with E-state index < -0.39 is 0 Å². The summed E-state index contributed by atoms with van der Waals surface area (Å²) in [4.78, 5) is 16.7. The van der Waals surface area contributed by atoms with Crippen LogP contribution in [0.5, 0.6) is 0 Å². The van der Waals surface area contributed by atoms with Gasteiger partial charge in [0.15, 0.2) is 0 Å². The highest BCUT2D eigenvalue weighted by atomic mass is 16.3.